The van der Waals surface area contributed by atoms with E-state index in [0.717, 1.165) is 13.8 Å². The number of rotatable bonds is 1. The molecule has 0 heterocycles. The monoisotopic (exact) mass is 322 g/mol. The Balaban J connectivity index is 2.20. The zero-order valence-corrected chi connectivity index (χ0v) is 8.51. The van der Waals surface area contributed by atoms with Gasteiger partial charge in [-0.05, 0) is 12.3 Å². The average molecular weight is 322 g/mol. The minimum atomic E-state index is 0.902. The highest BCUT2D eigenvalue weighted by atomic mass is 127. The van der Waals surface area contributed by atoms with Gasteiger partial charge in [0.15, 0.2) is 0 Å². The fourth-order valence-corrected chi connectivity index (χ4v) is 3.46. The van der Waals surface area contributed by atoms with Crippen LogP contribution in [0.5, 0.6) is 0 Å². The molecular weight excluding hydrogens is 314 g/mol. The van der Waals surface area contributed by atoms with Gasteiger partial charge >= 0.3 is 0 Å². The van der Waals surface area contributed by atoms with Gasteiger partial charge in [-0.25, -0.2) is 0 Å². The van der Waals surface area contributed by atoms with Crippen LogP contribution in [0.2, 0.25) is 0 Å². The fraction of sp³-hybridized carbons (Fsp3) is 1.00. The highest BCUT2D eigenvalue weighted by Crippen LogP contribution is 2.43. The molecule has 1 aliphatic carbocycles. The zero-order chi connectivity index (χ0) is 5.44. The first-order valence-corrected chi connectivity index (χ1v) is 4.99. The van der Waals surface area contributed by atoms with Crippen molar-refractivity contribution in [1.29, 1.82) is 0 Å². The third-order valence-electron chi connectivity index (χ3n) is 1.35. The average Bonchev–Trinajstić information content (AvgIpc) is 2.17. The lowest BCUT2D eigenvalue weighted by atomic mass is 10.3. The molecule has 0 nitrogen and oxygen atoms in total. The summed E-state index contributed by atoms with van der Waals surface area (Å²) in [5.74, 6) is 1.04. The number of hydrogen-bond acceptors (Lipinski definition) is 0. The van der Waals surface area contributed by atoms with Crippen LogP contribution < -0.4 is 0 Å². The maximum absolute atomic E-state index is 2.53. The van der Waals surface area contributed by atoms with E-state index in [2.05, 4.69) is 52.1 Å². The molecule has 3 unspecified atom stereocenters. The molecule has 1 rings (SSSR count). The van der Waals surface area contributed by atoms with Gasteiger partial charge in [0.1, 0.15) is 0 Å². The van der Waals surface area contributed by atoms with Crippen molar-refractivity contribution < 1.29 is 0 Å². The minimum absolute atomic E-state index is 0.902. The van der Waals surface area contributed by atoms with Crippen LogP contribution >= 0.6 is 45.2 Å². The first kappa shape index (κ1) is 6.58. The maximum atomic E-state index is 2.53. The molecule has 0 aliphatic heterocycles. The summed E-state index contributed by atoms with van der Waals surface area (Å²) < 4.78 is 1.91. The molecule has 2 heteroatoms. The first-order valence-electron chi connectivity index (χ1n) is 2.50. The Morgan fingerprint density at radius 3 is 2.14 bits per heavy atom. The van der Waals surface area contributed by atoms with Crippen LogP contribution in [0.4, 0.5) is 0 Å². The van der Waals surface area contributed by atoms with E-state index in [0.29, 0.717) is 0 Å². The molecule has 0 amide bonds. The summed E-state index contributed by atoms with van der Waals surface area (Å²) in [6.07, 6.45) is 1.46. The third-order valence-corrected chi connectivity index (χ3v) is 3.70. The predicted octanol–water partition coefficient (Wildman–Crippen LogP) is 2.63. The van der Waals surface area contributed by atoms with Gasteiger partial charge in [0.2, 0.25) is 0 Å². The van der Waals surface area contributed by atoms with E-state index in [-0.39, 0.29) is 0 Å². The van der Waals surface area contributed by atoms with Crippen molar-refractivity contribution in [3.63, 3.8) is 0 Å². The summed E-state index contributed by atoms with van der Waals surface area (Å²) in [5, 5.41) is 0. The standard InChI is InChI=1S/C5H8I2/c1-3(6)4-2-5(4)7/h3-5H,2H2,1H3. The molecule has 1 aliphatic rings. The maximum Gasteiger partial charge on any atom is 0.0151 e. The zero-order valence-electron chi connectivity index (χ0n) is 4.20. The second-order valence-corrected chi connectivity index (χ2v) is 5.66. The number of halogens is 2. The van der Waals surface area contributed by atoms with Crippen LogP contribution in [-0.4, -0.2) is 7.85 Å². The molecule has 0 saturated heterocycles. The van der Waals surface area contributed by atoms with Crippen molar-refractivity contribution in [3.8, 4) is 0 Å². The van der Waals surface area contributed by atoms with Gasteiger partial charge in [0, 0.05) is 7.85 Å². The highest BCUT2D eigenvalue weighted by molar-refractivity contribution is 14.1. The van der Waals surface area contributed by atoms with Crippen molar-refractivity contribution >= 4 is 45.2 Å². The van der Waals surface area contributed by atoms with E-state index in [4.69, 9.17) is 0 Å². The minimum Gasteiger partial charge on any atom is -0.0826 e. The molecule has 0 aromatic rings. The van der Waals surface area contributed by atoms with Gasteiger partial charge in [-0.2, -0.15) is 0 Å². The predicted molar refractivity (Wildman–Crippen MR) is 49.4 cm³/mol. The van der Waals surface area contributed by atoms with Crippen LogP contribution in [0.25, 0.3) is 0 Å². The lowest BCUT2D eigenvalue weighted by Gasteiger charge is -1.94. The molecule has 7 heavy (non-hydrogen) atoms. The van der Waals surface area contributed by atoms with E-state index >= 15 is 0 Å². The summed E-state index contributed by atoms with van der Waals surface area (Å²) in [6, 6.07) is 0. The van der Waals surface area contributed by atoms with E-state index in [1.165, 1.54) is 6.42 Å². The molecule has 1 fully saturated rings. The van der Waals surface area contributed by atoms with E-state index in [1.807, 2.05) is 0 Å². The Labute approximate surface area is 71.7 Å². The van der Waals surface area contributed by atoms with Gasteiger partial charge in [-0.3, -0.25) is 0 Å². The van der Waals surface area contributed by atoms with Crippen LogP contribution in [0, 0.1) is 5.92 Å². The lowest BCUT2D eigenvalue weighted by molar-refractivity contribution is 0.857. The van der Waals surface area contributed by atoms with Crippen molar-refractivity contribution in [2.75, 3.05) is 0 Å². The molecule has 0 aromatic carbocycles. The summed E-state index contributed by atoms with van der Waals surface area (Å²) >= 11 is 5.03. The topological polar surface area (TPSA) is 0 Å². The Morgan fingerprint density at radius 2 is 2.14 bits per heavy atom. The number of hydrogen-bond donors (Lipinski definition) is 0. The third kappa shape index (κ3) is 1.69. The van der Waals surface area contributed by atoms with E-state index in [9.17, 15) is 0 Å². The van der Waals surface area contributed by atoms with E-state index in [1.54, 1.807) is 0 Å². The van der Waals surface area contributed by atoms with Gasteiger partial charge in [-0.1, -0.05) is 52.1 Å². The second-order valence-electron chi connectivity index (χ2n) is 2.09. The molecule has 1 saturated carbocycles. The molecule has 3 atom stereocenters. The molecular formula is C5H8I2. The van der Waals surface area contributed by atoms with Gasteiger partial charge < -0.3 is 0 Å². The van der Waals surface area contributed by atoms with Crippen LogP contribution in [0.3, 0.4) is 0 Å². The molecule has 0 radical (unpaired) electrons. The smallest absolute Gasteiger partial charge is 0.0151 e. The Hall–Kier alpha value is 1.46. The Morgan fingerprint density at radius 1 is 1.71 bits per heavy atom. The molecule has 0 bridgehead atoms. The highest BCUT2D eigenvalue weighted by Gasteiger charge is 2.37. The molecule has 0 N–H and O–H groups in total. The summed E-state index contributed by atoms with van der Waals surface area (Å²) in [4.78, 5) is 0. The second kappa shape index (κ2) is 2.37. The normalized spacial score (nSPS) is 43.3. The van der Waals surface area contributed by atoms with Crippen molar-refractivity contribution in [1.82, 2.24) is 0 Å². The molecule has 42 valence electrons. The molecule has 0 spiro atoms. The summed E-state index contributed by atoms with van der Waals surface area (Å²) in [5.41, 5.74) is 0. The van der Waals surface area contributed by atoms with Crippen LogP contribution in [0.15, 0.2) is 0 Å². The van der Waals surface area contributed by atoms with E-state index < -0.39 is 0 Å². The SMILES string of the molecule is CC(I)C1CC1I. The van der Waals surface area contributed by atoms with Crippen molar-refractivity contribution in [2.24, 2.45) is 5.92 Å². The molecule has 0 aromatic heterocycles. The van der Waals surface area contributed by atoms with Crippen LogP contribution in [0.1, 0.15) is 13.3 Å². The van der Waals surface area contributed by atoms with Gasteiger partial charge in [0.05, 0.1) is 0 Å². The lowest BCUT2D eigenvalue weighted by Crippen LogP contribution is -1.92. The fourth-order valence-electron chi connectivity index (χ4n) is 0.657. The Kier molecular flexibility index (Phi) is 2.23. The van der Waals surface area contributed by atoms with Crippen molar-refractivity contribution in [3.05, 3.63) is 0 Å². The van der Waals surface area contributed by atoms with Crippen molar-refractivity contribution in [2.45, 2.75) is 21.2 Å². The summed E-state index contributed by atoms with van der Waals surface area (Å²) in [7, 11) is 0. The van der Waals surface area contributed by atoms with Gasteiger partial charge in [-0.15, -0.1) is 0 Å². The van der Waals surface area contributed by atoms with Crippen LogP contribution in [-0.2, 0) is 0 Å². The Bertz CT molecular complexity index is 70.5. The van der Waals surface area contributed by atoms with Gasteiger partial charge in [0.25, 0.3) is 0 Å². The quantitative estimate of drug-likeness (QED) is 0.514. The summed E-state index contributed by atoms with van der Waals surface area (Å²) in [6.45, 7) is 2.30. The first-order chi connectivity index (χ1) is 3.22. The largest absolute Gasteiger partial charge is 0.0826 e. The number of alkyl halides is 2.